The smallest absolute Gasteiger partial charge is 0.238 e. The van der Waals surface area contributed by atoms with Crippen molar-refractivity contribution in [3.05, 3.63) is 58.9 Å². The summed E-state index contributed by atoms with van der Waals surface area (Å²) in [5.41, 5.74) is 1.53. The number of rotatable bonds is 4. The van der Waals surface area contributed by atoms with Crippen molar-refractivity contribution in [2.45, 2.75) is 17.9 Å². The summed E-state index contributed by atoms with van der Waals surface area (Å²) < 4.78 is 35.5. The van der Waals surface area contributed by atoms with Gasteiger partial charge in [0.2, 0.25) is 10.0 Å². The minimum Gasteiger partial charge on any atom is -0.378 e. The van der Waals surface area contributed by atoms with Gasteiger partial charge in [-0.3, -0.25) is 0 Å². The highest BCUT2D eigenvalue weighted by atomic mass is 35.5. The van der Waals surface area contributed by atoms with E-state index in [1.807, 2.05) is 6.92 Å². The second-order valence-corrected chi connectivity index (χ2v) is 6.58. The maximum absolute atomic E-state index is 13.1. The zero-order valence-electron chi connectivity index (χ0n) is 11.2. The van der Waals surface area contributed by atoms with Gasteiger partial charge in [0, 0.05) is 11.7 Å². The van der Waals surface area contributed by atoms with E-state index in [0.717, 1.165) is 5.56 Å². The molecule has 0 fully saturated rings. The summed E-state index contributed by atoms with van der Waals surface area (Å²) in [6, 6.07) is 10.5. The maximum Gasteiger partial charge on any atom is 0.238 e. The molecule has 21 heavy (non-hydrogen) atoms. The summed E-state index contributed by atoms with van der Waals surface area (Å²) in [5.74, 6) is -0.479. The van der Waals surface area contributed by atoms with E-state index in [1.165, 1.54) is 24.3 Å². The molecule has 2 rings (SSSR count). The van der Waals surface area contributed by atoms with E-state index in [0.29, 0.717) is 5.69 Å². The van der Waals surface area contributed by atoms with E-state index >= 15 is 0 Å². The second-order valence-electron chi connectivity index (χ2n) is 4.61. The molecule has 0 spiro atoms. The van der Waals surface area contributed by atoms with E-state index in [1.54, 1.807) is 18.2 Å². The molecule has 1 unspecified atom stereocenters. The Bertz CT molecular complexity index is 748. The number of hydrogen-bond acceptors (Lipinski definition) is 3. The fraction of sp³-hybridized carbons (Fsp3) is 0.143. The molecule has 0 bridgehead atoms. The van der Waals surface area contributed by atoms with Crippen LogP contribution in [0.5, 0.6) is 0 Å². The van der Waals surface area contributed by atoms with Crippen LogP contribution >= 0.6 is 11.6 Å². The van der Waals surface area contributed by atoms with Gasteiger partial charge in [-0.2, -0.15) is 0 Å². The van der Waals surface area contributed by atoms with Crippen LogP contribution in [0, 0.1) is 5.82 Å². The zero-order valence-corrected chi connectivity index (χ0v) is 12.7. The molecule has 0 heterocycles. The predicted molar refractivity (Wildman–Crippen MR) is 81.3 cm³/mol. The number of nitrogens with two attached hydrogens (primary N) is 1. The largest absolute Gasteiger partial charge is 0.378 e. The number of nitrogens with one attached hydrogen (secondary N) is 1. The van der Waals surface area contributed by atoms with Crippen molar-refractivity contribution in [2.24, 2.45) is 5.14 Å². The second kappa shape index (κ2) is 6.01. The summed E-state index contributed by atoms with van der Waals surface area (Å²) >= 11 is 5.72. The van der Waals surface area contributed by atoms with Gasteiger partial charge in [-0.1, -0.05) is 23.7 Å². The number of primary sulfonamides is 1. The van der Waals surface area contributed by atoms with Crippen LogP contribution in [-0.4, -0.2) is 8.42 Å². The number of hydrogen-bond donors (Lipinski definition) is 2. The van der Waals surface area contributed by atoms with Gasteiger partial charge >= 0.3 is 0 Å². The molecule has 0 aliphatic carbocycles. The van der Waals surface area contributed by atoms with Crippen molar-refractivity contribution < 1.29 is 12.8 Å². The van der Waals surface area contributed by atoms with Gasteiger partial charge in [-0.25, -0.2) is 17.9 Å². The fourth-order valence-electron chi connectivity index (χ4n) is 1.87. The fourth-order valence-corrected chi connectivity index (χ4v) is 2.56. The number of benzene rings is 2. The summed E-state index contributed by atoms with van der Waals surface area (Å²) in [7, 11) is -3.69. The monoisotopic (exact) mass is 328 g/mol. The van der Waals surface area contributed by atoms with Gasteiger partial charge in [0.05, 0.1) is 9.92 Å². The average molecular weight is 329 g/mol. The molecule has 1 atom stereocenters. The Morgan fingerprint density at radius 2 is 1.81 bits per heavy atom. The molecular formula is C14H14ClFN2O2S. The van der Waals surface area contributed by atoms with Crippen LogP contribution in [0.2, 0.25) is 5.02 Å². The number of halogens is 2. The molecule has 4 nitrogen and oxygen atoms in total. The van der Waals surface area contributed by atoms with Crippen molar-refractivity contribution in [3.63, 3.8) is 0 Å². The standard InChI is InChI=1S/C14H14ClFN2O2S/c1-9(18-11-4-7-14(16)13(15)8-11)10-2-5-12(6-3-10)21(17,19)20/h2-9,18H,1H3,(H2,17,19,20). The Balaban J connectivity index is 2.16. The molecule has 0 radical (unpaired) electrons. The van der Waals surface area contributed by atoms with Gasteiger partial charge in [0.25, 0.3) is 0 Å². The minimum absolute atomic E-state index is 0.0387. The molecule has 0 saturated carbocycles. The van der Waals surface area contributed by atoms with Crippen molar-refractivity contribution >= 4 is 27.3 Å². The first-order valence-electron chi connectivity index (χ1n) is 6.12. The van der Waals surface area contributed by atoms with Gasteiger partial charge in [0.15, 0.2) is 0 Å². The lowest BCUT2D eigenvalue weighted by molar-refractivity contribution is 0.597. The van der Waals surface area contributed by atoms with Crippen LogP contribution in [0.4, 0.5) is 10.1 Å². The Labute approximate surface area is 127 Å². The van der Waals surface area contributed by atoms with Crippen LogP contribution in [0.1, 0.15) is 18.5 Å². The first-order valence-corrected chi connectivity index (χ1v) is 8.04. The molecule has 3 N–H and O–H groups in total. The molecule has 0 aliphatic heterocycles. The van der Waals surface area contributed by atoms with Crippen LogP contribution in [0.25, 0.3) is 0 Å². The lowest BCUT2D eigenvalue weighted by Gasteiger charge is -2.16. The van der Waals surface area contributed by atoms with E-state index < -0.39 is 15.8 Å². The predicted octanol–water partition coefficient (Wildman–Crippen LogP) is 3.30. The van der Waals surface area contributed by atoms with E-state index in [2.05, 4.69) is 5.32 Å². The zero-order chi connectivity index (χ0) is 15.6. The quantitative estimate of drug-likeness (QED) is 0.904. The van der Waals surface area contributed by atoms with E-state index in [-0.39, 0.29) is 16.0 Å². The Morgan fingerprint density at radius 1 is 1.19 bits per heavy atom. The minimum atomic E-state index is -3.69. The van der Waals surface area contributed by atoms with Crippen LogP contribution in [-0.2, 0) is 10.0 Å². The highest BCUT2D eigenvalue weighted by molar-refractivity contribution is 7.89. The molecule has 0 amide bonds. The van der Waals surface area contributed by atoms with Gasteiger partial charge in [-0.15, -0.1) is 0 Å². The third-order valence-corrected chi connectivity index (χ3v) is 4.23. The normalized spacial score (nSPS) is 13.0. The highest BCUT2D eigenvalue weighted by Gasteiger charge is 2.10. The topological polar surface area (TPSA) is 72.2 Å². The summed E-state index contributed by atoms with van der Waals surface area (Å²) in [5, 5.41) is 8.24. The number of anilines is 1. The van der Waals surface area contributed by atoms with Crippen molar-refractivity contribution in [2.75, 3.05) is 5.32 Å². The molecule has 2 aromatic rings. The van der Waals surface area contributed by atoms with Crippen molar-refractivity contribution in [1.82, 2.24) is 0 Å². The van der Waals surface area contributed by atoms with Crippen LogP contribution < -0.4 is 10.5 Å². The van der Waals surface area contributed by atoms with Gasteiger partial charge in [0.1, 0.15) is 5.82 Å². The SMILES string of the molecule is CC(Nc1ccc(F)c(Cl)c1)c1ccc(S(N)(=O)=O)cc1. The first-order chi connectivity index (χ1) is 9.77. The molecule has 112 valence electrons. The molecule has 0 aromatic heterocycles. The summed E-state index contributed by atoms with van der Waals surface area (Å²) in [6.45, 7) is 1.89. The van der Waals surface area contributed by atoms with Crippen molar-refractivity contribution in [1.29, 1.82) is 0 Å². The lowest BCUT2D eigenvalue weighted by atomic mass is 10.1. The lowest BCUT2D eigenvalue weighted by Crippen LogP contribution is -2.12. The van der Waals surface area contributed by atoms with E-state index in [4.69, 9.17) is 16.7 Å². The molecular weight excluding hydrogens is 315 g/mol. The third kappa shape index (κ3) is 3.93. The Kier molecular flexibility index (Phi) is 4.51. The van der Waals surface area contributed by atoms with Gasteiger partial charge in [-0.05, 0) is 42.8 Å². The van der Waals surface area contributed by atoms with Crippen molar-refractivity contribution in [3.8, 4) is 0 Å². The molecule has 0 saturated heterocycles. The molecule has 2 aromatic carbocycles. The van der Waals surface area contributed by atoms with Crippen LogP contribution in [0.15, 0.2) is 47.4 Å². The maximum atomic E-state index is 13.1. The van der Waals surface area contributed by atoms with Crippen LogP contribution in [0.3, 0.4) is 0 Å². The molecule has 7 heteroatoms. The summed E-state index contributed by atoms with van der Waals surface area (Å²) in [6.07, 6.45) is 0. The first kappa shape index (κ1) is 15.8. The van der Waals surface area contributed by atoms with Gasteiger partial charge < -0.3 is 5.32 Å². The Hall–Kier alpha value is -1.63. The number of sulfonamides is 1. The summed E-state index contributed by atoms with van der Waals surface area (Å²) in [4.78, 5) is 0.0586. The third-order valence-electron chi connectivity index (χ3n) is 3.01. The highest BCUT2D eigenvalue weighted by Crippen LogP contribution is 2.24. The molecule has 0 aliphatic rings. The Morgan fingerprint density at radius 3 is 2.33 bits per heavy atom. The van der Waals surface area contributed by atoms with E-state index in [9.17, 15) is 12.8 Å². The average Bonchev–Trinajstić information content (AvgIpc) is 2.42.